The summed E-state index contributed by atoms with van der Waals surface area (Å²) in [6.07, 6.45) is 5.22. The van der Waals surface area contributed by atoms with E-state index in [0.717, 1.165) is 24.6 Å². The molecule has 2 aromatic heterocycles. The lowest BCUT2D eigenvalue weighted by Gasteiger charge is -2.35. The highest BCUT2D eigenvalue weighted by Crippen LogP contribution is 2.17. The van der Waals surface area contributed by atoms with E-state index in [2.05, 4.69) is 25.4 Å². The molecule has 8 heteroatoms. The number of hydrogen-bond acceptors (Lipinski definition) is 5. The molecule has 0 atom stereocenters. The maximum atomic E-state index is 11.8. The van der Waals surface area contributed by atoms with Gasteiger partial charge in [-0.1, -0.05) is 0 Å². The van der Waals surface area contributed by atoms with E-state index in [-0.39, 0.29) is 6.03 Å². The van der Waals surface area contributed by atoms with Crippen molar-refractivity contribution in [1.82, 2.24) is 29.8 Å². The largest absolute Gasteiger partial charge is 0.350 e. The molecule has 1 aliphatic heterocycles. The van der Waals surface area contributed by atoms with E-state index in [4.69, 9.17) is 0 Å². The summed E-state index contributed by atoms with van der Waals surface area (Å²) in [5.41, 5.74) is 0.749. The van der Waals surface area contributed by atoms with E-state index in [0.29, 0.717) is 19.6 Å². The summed E-state index contributed by atoms with van der Waals surface area (Å²) in [5, 5.41) is 10.8. The van der Waals surface area contributed by atoms with E-state index >= 15 is 0 Å². The number of anilines is 1. The van der Waals surface area contributed by atoms with Gasteiger partial charge in [-0.05, 0) is 6.92 Å². The third-order valence-corrected chi connectivity index (χ3v) is 3.39. The van der Waals surface area contributed by atoms with Crippen molar-refractivity contribution < 1.29 is 4.79 Å². The maximum Gasteiger partial charge on any atom is 0.317 e. The lowest BCUT2D eigenvalue weighted by molar-refractivity contribution is 0.195. The van der Waals surface area contributed by atoms with Crippen LogP contribution in [0.3, 0.4) is 0 Å². The molecule has 2 aromatic rings. The Morgan fingerprint density at radius 1 is 1.35 bits per heavy atom. The number of carbonyl (C=O) groups is 1. The lowest BCUT2D eigenvalue weighted by atomic mass is 10.3. The Hall–Kier alpha value is -2.38. The first kappa shape index (κ1) is 12.6. The Labute approximate surface area is 116 Å². The summed E-state index contributed by atoms with van der Waals surface area (Å²) < 4.78 is 1.85. The molecule has 2 amide bonds. The Bertz CT molecular complexity index is 603. The Morgan fingerprint density at radius 2 is 2.15 bits per heavy atom. The van der Waals surface area contributed by atoms with Crippen LogP contribution in [0.4, 0.5) is 10.6 Å². The van der Waals surface area contributed by atoms with Crippen LogP contribution in [0.2, 0.25) is 0 Å². The second-order valence-electron chi connectivity index (χ2n) is 4.62. The monoisotopic (exact) mass is 275 g/mol. The van der Waals surface area contributed by atoms with Crippen molar-refractivity contribution in [2.45, 2.75) is 6.92 Å². The average Bonchev–Trinajstić information content (AvgIpc) is 2.96. The predicted octanol–water partition coefficient (Wildman–Crippen LogP) is -0.0242. The number of aromatic nitrogens is 4. The van der Waals surface area contributed by atoms with Crippen LogP contribution in [0.25, 0.3) is 5.65 Å². The quantitative estimate of drug-likeness (QED) is 0.833. The number of nitrogens with zero attached hydrogens (tertiary/aromatic N) is 6. The van der Waals surface area contributed by atoms with Crippen LogP contribution in [0.5, 0.6) is 0 Å². The minimum Gasteiger partial charge on any atom is -0.350 e. The van der Waals surface area contributed by atoms with Gasteiger partial charge >= 0.3 is 6.03 Å². The van der Waals surface area contributed by atoms with Crippen molar-refractivity contribution in [1.29, 1.82) is 0 Å². The number of amides is 2. The molecular weight excluding hydrogens is 258 g/mol. The van der Waals surface area contributed by atoms with Crippen LogP contribution >= 0.6 is 0 Å². The standard InChI is InChI=1S/C12H17N7O/c1-2-13-12(20)18-7-5-17(6-8-18)10-11-16-15-9-19(11)4-3-14-10/h3-4,9H,2,5-8H2,1H3,(H,13,20). The molecule has 0 aliphatic carbocycles. The van der Waals surface area contributed by atoms with Crippen molar-refractivity contribution in [3.63, 3.8) is 0 Å². The molecule has 20 heavy (non-hydrogen) atoms. The number of hydrogen-bond donors (Lipinski definition) is 1. The van der Waals surface area contributed by atoms with Crippen molar-refractivity contribution in [3.8, 4) is 0 Å². The minimum atomic E-state index is 0.000737. The van der Waals surface area contributed by atoms with Crippen LogP contribution in [-0.2, 0) is 0 Å². The van der Waals surface area contributed by atoms with Crippen LogP contribution in [-0.4, -0.2) is 63.2 Å². The zero-order valence-corrected chi connectivity index (χ0v) is 11.4. The summed E-state index contributed by atoms with van der Waals surface area (Å²) in [6.45, 7) is 5.43. The van der Waals surface area contributed by atoms with Gasteiger partial charge in [-0.25, -0.2) is 9.78 Å². The fourth-order valence-corrected chi connectivity index (χ4v) is 2.35. The van der Waals surface area contributed by atoms with E-state index in [1.54, 1.807) is 12.5 Å². The first-order valence-corrected chi connectivity index (χ1v) is 6.71. The third kappa shape index (κ3) is 2.24. The molecule has 106 valence electrons. The first-order valence-electron chi connectivity index (χ1n) is 6.71. The lowest BCUT2D eigenvalue weighted by Crippen LogP contribution is -2.52. The zero-order valence-electron chi connectivity index (χ0n) is 11.4. The first-order chi connectivity index (χ1) is 9.79. The number of urea groups is 1. The van der Waals surface area contributed by atoms with Gasteiger partial charge in [-0.3, -0.25) is 4.40 Å². The summed E-state index contributed by atoms with van der Waals surface area (Å²) in [7, 11) is 0. The van der Waals surface area contributed by atoms with E-state index in [1.807, 2.05) is 22.4 Å². The Kier molecular flexibility index (Phi) is 3.36. The Morgan fingerprint density at radius 3 is 2.90 bits per heavy atom. The van der Waals surface area contributed by atoms with E-state index in [9.17, 15) is 4.79 Å². The third-order valence-electron chi connectivity index (χ3n) is 3.39. The average molecular weight is 275 g/mol. The fraction of sp³-hybridized carbons (Fsp3) is 0.500. The topological polar surface area (TPSA) is 78.7 Å². The van der Waals surface area contributed by atoms with Crippen molar-refractivity contribution in [3.05, 3.63) is 18.7 Å². The molecule has 0 aromatic carbocycles. The number of fused-ring (bicyclic) bond motifs is 1. The van der Waals surface area contributed by atoms with Gasteiger partial charge in [-0.2, -0.15) is 0 Å². The zero-order chi connectivity index (χ0) is 13.9. The smallest absolute Gasteiger partial charge is 0.317 e. The van der Waals surface area contributed by atoms with Crippen LogP contribution in [0, 0.1) is 0 Å². The van der Waals surface area contributed by atoms with Gasteiger partial charge in [0, 0.05) is 45.1 Å². The van der Waals surface area contributed by atoms with Crippen molar-refractivity contribution in [2.75, 3.05) is 37.6 Å². The maximum absolute atomic E-state index is 11.8. The number of nitrogens with one attached hydrogen (secondary N) is 1. The molecule has 1 fully saturated rings. The molecule has 0 radical (unpaired) electrons. The minimum absolute atomic E-state index is 0.000737. The highest BCUT2D eigenvalue weighted by molar-refractivity contribution is 5.74. The molecular formula is C12H17N7O. The molecule has 1 saturated heterocycles. The molecule has 0 unspecified atom stereocenters. The van der Waals surface area contributed by atoms with Gasteiger partial charge in [0.25, 0.3) is 0 Å². The normalized spacial score (nSPS) is 15.7. The van der Waals surface area contributed by atoms with Crippen molar-refractivity contribution >= 4 is 17.5 Å². The van der Waals surface area contributed by atoms with E-state index < -0.39 is 0 Å². The molecule has 8 nitrogen and oxygen atoms in total. The van der Waals surface area contributed by atoms with Crippen LogP contribution < -0.4 is 10.2 Å². The Balaban J connectivity index is 1.72. The number of piperazine rings is 1. The molecule has 0 saturated carbocycles. The molecule has 3 rings (SSSR count). The van der Waals surface area contributed by atoms with Gasteiger partial charge in [0.05, 0.1) is 0 Å². The van der Waals surface area contributed by atoms with Gasteiger partial charge in [0.15, 0.2) is 5.82 Å². The van der Waals surface area contributed by atoms with E-state index in [1.165, 1.54) is 0 Å². The summed E-state index contributed by atoms with van der Waals surface area (Å²) in [6, 6.07) is 0.000737. The van der Waals surface area contributed by atoms with Crippen molar-refractivity contribution in [2.24, 2.45) is 0 Å². The molecule has 1 aliphatic rings. The summed E-state index contributed by atoms with van der Waals surface area (Å²) in [5.74, 6) is 0.820. The fourth-order valence-electron chi connectivity index (χ4n) is 2.35. The second kappa shape index (κ2) is 5.32. The van der Waals surface area contributed by atoms with Gasteiger partial charge < -0.3 is 15.1 Å². The number of rotatable bonds is 2. The molecule has 1 N–H and O–H groups in total. The summed E-state index contributed by atoms with van der Waals surface area (Å²) in [4.78, 5) is 20.1. The predicted molar refractivity (Wildman–Crippen MR) is 73.6 cm³/mol. The molecule has 0 spiro atoms. The van der Waals surface area contributed by atoms with Gasteiger partial charge in [-0.15, -0.1) is 10.2 Å². The van der Waals surface area contributed by atoms with Gasteiger partial charge in [0.2, 0.25) is 5.65 Å². The van der Waals surface area contributed by atoms with Crippen LogP contribution in [0.15, 0.2) is 18.7 Å². The molecule has 0 bridgehead atoms. The second-order valence-corrected chi connectivity index (χ2v) is 4.62. The molecule has 3 heterocycles. The SMILES string of the molecule is CCNC(=O)N1CCN(c2nccn3cnnc23)CC1. The summed E-state index contributed by atoms with van der Waals surface area (Å²) >= 11 is 0. The van der Waals surface area contributed by atoms with Gasteiger partial charge in [0.1, 0.15) is 6.33 Å². The highest BCUT2D eigenvalue weighted by Gasteiger charge is 2.23. The number of carbonyl (C=O) groups excluding carboxylic acids is 1. The highest BCUT2D eigenvalue weighted by atomic mass is 16.2. The van der Waals surface area contributed by atoms with Crippen LogP contribution in [0.1, 0.15) is 6.92 Å².